The van der Waals surface area contributed by atoms with Crippen LogP contribution in [-0.2, 0) is 9.53 Å². The zero-order valence-corrected chi connectivity index (χ0v) is 18.4. The Balaban J connectivity index is 1.98. The first-order valence-corrected chi connectivity index (χ1v) is 10.8. The summed E-state index contributed by atoms with van der Waals surface area (Å²) < 4.78 is 6.14. The minimum Gasteiger partial charge on any atom is -0.461 e. The number of hydrogen-bond acceptors (Lipinski definition) is 5. The second-order valence-corrected chi connectivity index (χ2v) is 9.27. The molecule has 0 amide bonds. The van der Waals surface area contributed by atoms with E-state index in [0.29, 0.717) is 16.7 Å². The van der Waals surface area contributed by atoms with E-state index in [1.165, 1.54) is 38.5 Å². The number of aromatic nitrogens is 1. The van der Waals surface area contributed by atoms with Gasteiger partial charge in [-0.1, -0.05) is 19.3 Å². The number of ether oxygens (including phenoxy) is 1. The standard InChI is InChI=1S/C21H31BrN2O3/c1-13(2)27-20(26)19(25)16-14(3)23-15(4)17(22)18(16)24-11-10-21(12-24)8-6-5-7-9-21/h13,19,25H,5-12H2,1-4H3. The number of aliphatic hydroxyl groups is 1. The number of rotatable bonds is 4. The molecule has 27 heavy (non-hydrogen) atoms. The van der Waals surface area contributed by atoms with Gasteiger partial charge in [-0.25, -0.2) is 4.79 Å². The third kappa shape index (κ3) is 4.16. The van der Waals surface area contributed by atoms with Gasteiger partial charge in [0.05, 0.1) is 22.0 Å². The predicted molar refractivity (Wildman–Crippen MR) is 110 cm³/mol. The Hall–Kier alpha value is -1.14. The van der Waals surface area contributed by atoms with Crippen molar-refractivity contribution in [1.82, 2.24) is 4.98 Å². The first kappa shape index (κ1) is 20.6. The van der Waals surface area contributed by atoms with Gasteiger partial charge >= 0.3 is 5.97 Å². The van der Waals surface area contributed by atoms with Crippen LogP contribution in [0.3, 0.4) is 0 Å². The highest BCUT2D eigenvalue weighted by atomic mass is 79.9. The molecule has 1 N–H and O–H groups in total. The van der Waals surface area contributed by atoms with E-state index in [4.69, 9.17) is 4.74 Å². The smallest absolute Gasteiger partial charge is 0.340 e. The highest BCUT2D eigenvalue weighted by Crippen LogP contribution is 2.48. The van der Waals surface area contributed by atoms with Crippen molar-refractivity contribution in [2.75, 3.05) is 18.0 Å². The minimum absolute atomic E-state index is 0.268. The van der Waals surface area contributed by atoms with Crippen molar-refractivity contribution in [3.8, 4) is 0 Å². The number of esters is 1. The molecule has 2 heterocycles. The predicted octanol–water partition coefficient (Wildman–Crippen LogP) is 4.61. The molecule has 2 fully saturated rings. The van der Waals surface area contributed by atoms with Gasteiger partial charge in [0.15, 0.2) is 6.10 Å². The van der Waals surface area contributed by atoms with Gasteiger partial charge in [0.2, 0.25) is 0 Å². The van der Waals surface area contributed by atoms with Gasteiger partial charge in [-0.05, 0) is 68.3 Å². The quantitative estimate of drug-likeness (QED) is 0.695. The number of carbonyl (C=O) groups is 1. The molecule has 0 aromatic carbocycles. The lowest BCUT2D eigenvalue weighted by Crippen LogP contribution is -2.31. The molecule has 1 atom stereocenters. The topological polar surface area (TPSA) is 62.7 Å². The Morgan fingerprint density at radius 3 is 2.48 bits per heavy atom. The Bertz CT molecular complexity index is 714. The monoisotopic (exact) mass is 438 g/mol. The fourth-order valence-electron chi connectivity index (χ4n) is 4.71. The summed E-state index contributed by atoms with van der Waals surface area (Å²) in [7, 11) is 0. The second-order valence-electron chi connectivity index (χ2n) is 8.48. The third-order valence-electron chi connectivity index (χ3n) is 6.02. The molecule has 1 saturated heterocycles. The van der Waals surface area contributed by atoms with E-state index in [1.54, 1.807) is 13.8 Å². The van der Waals surface area contributed by atoms with Gasteiger partial charge in [-0.2, -0.15) is 0 Å². The van der Waals surface area contributed by atoms with Crippen LogP contribution in [0.25, 0.3) is 0 Å². The summed E-state index contributed by atoms with van der Waals surface area (Å²) in [6, 6.07) is 0. The molecule has 3 rings (SSSR count). The van der Waals surface area contributed by atoms with Crippen LogP contribution in [0.4, 0.5) is 5.69 Å². The maximum atomic E-state index is 12.4. The van der Waals surface area contributed by atoms with E-state index in [1.807, 2.05) is 13.8 Å². The van der Waals surface area contributed by atoms with E-state index < -0.39 is 12.1 Å². The molecule has 0 radical (unpaired) electrons. The lowest BCUT2D eigenvalue weighted by atomic mass is 9.73. The molecule has 1 spiro atoms. The molecule has 2 aliphatic rings. The van der Waals surface area contributed by atoms with Gasteiger partial charge in [-0.15, -0.1) is 0 Å². The van der Waals surface area contributed by atoms with Crippen LogP contribution >= 0.6 is 15.9 Å². The molecular formula is C21H31BrN2O3. The van der Waals surface area contributed by atoms with E-state index >= 15 is 0 Å². The van der Waals surface area contributed by atoms with Gasteiger partial charge in [0.1, 0.15) is 0 Å². The summed E-state index contributed by atoms with van der Waals surface area (Å²) in [5.74, 6) is -0.613. The molecule has 1 aliphatic carbocycles. The summed E-state index contributed by atoms with van der Waals surface area (Å²) >= 11 is 3.69. The normalized spacial score (nSPS) is 20.3. The number of anilines is 1. The van der Waals surface area contributed by atoms with Crippen LogP contribution in [0, 0.1) is 19.3 Å². The molecule has 6 heteroatoms. The first-order chi connectivity index (χ1) is 12.7. The van der Waals surface area contributed by atoms with E-state index in [9.17, 15) is 9.90 Å². The largest absolute Gasteiger partial charge is 0.461 e. The van der Waals surface area contributed by atoms with E-state index in [2.05, 4.69) is 25.8 Å². The highest BCUT2D eigenvalue weighted by molar-refractivity contribution is 9.10. The molecule has 1 aromatic heterocycles. The van der Waals surface area contributed by atoms with Gasteiger partial charge in [-0.3, -0.25) is 4.98 Å². The average Bonchev–Trinajstić information content (AvgIpc) is 3.00. The van der Waals surface area contributed by atoms with E-state index in [-0.39, 0.29) is 6.10 Å². The van der Waals surface area contributed by atoms with Gasteiger partial charge in [0, 0.05) is 24.3 Å². The summed E-state index contributed by atoms with van der Waals surface area (Å²) in [6.07, 6.45) is 6.08. The number of carbonyl (C=O) groups excluding carboxylic acids is 1. The lowest BCUT2D eigenvalue weighted by Gasteiger charge is -2.34. The number of aryl methyl sites for hydroxylation is 2. The van der Waals surface area contributed by atoms with Crippen LogP contribution in [-0.4, -0.2) is 35.3 Å². The Kier molecular flexibility index (Phi) is 6.16. The fraction of sp³-hybridized carbons (Fsp3) is 0.714. The molecule has 1 unspecified atom stereocenters. The summed E-state index contributed by atoms with van der Waals surface area (Å²) in [5.41, 5.74) is 3.43. The fourth-order valence-corrected chi connectivity index (χ4v) is 5.26. The Morgan fingerprint density at radius 1 is 1.19 bits per heavy atom. The Morgan fingerprint density at radius 2 is 1.85 bits per heavy atom. The van der Waals surface area contributed by atoms with Crippen LogP contribution in [0.1, 0.15) is 75.4 Å². The number of halogens is 1. The number of pyridine rings is 1. The molecule has 1 aromatic rings. The van der Waals surface area contributed by atoms with E-state index in [0.717, 1.165) is 28.9 Å². The van der Waals surface area contributed by atoms with Crippen LogP contribution in [0.15, 0.2) is 4.47 Å². The summed E-state index contributed by atoms with van der Waals surface area (Å²) in [4.78, 5) is 19.3. The number of nitrogens with zero attached hydrogens (tertiary/aromatic N) is 2. The maximum Gasteiger partial charge on any atom is 0.340 e. The minimum atomic E-state index is -1.32. The van der Waals surface area contributed by atoms with Gasteiger partial charge < -0.3 is 14.7 Å². The molecule has 0 bridgehead atoms. The molecule has 1 aliphatic heterocycles. The zero-order valence-electron chi connectivity index (χ0n) is 16.8. The summed E-state index contributed by atoms with van der Waals surface area (Å²) in [6.45, 7) is 9.31. The molecule has 1 saturated carbocycles. The molecule has 150 valence electrons. The number of hydrogen-bond donors (Lipinski definition) is 1. The third-order valence-corrected chi connectivity index (χ3v) is 6.97. The van der Waals surface area contributed by atoms with Gasteiger partial charge in [0.25, 0.3) is 0 Å². The maximum absolute atomic E-state index is 12.4. The second kappa shape index (κ2) is 8.08. The lowest BCUT2D eigenvalue weighted by molar-refractivity contribution is -0.157. The van der Waals surface area contributed by atoms with Crippen molar-refractivity contribution < 1.29 is 14.6 Å². The van der Waals surface area contributed by atoms with Crippen LogP contribution in [0.5, 0.6) is 0 Å². The van der Waals surface area contributed by atoms with Crippen molar-refractivity contribution in [1.29, 1.82) is 0 Å². The van der Waals surface area contributed by atoms with Crippen molar-refractivity contribution in [2.45, 2.75) is 78.4 Å². The SMILES string of the molecule is Cc1nc(C)c(C(O)C(=O)OC(C)C)c(N2CCC3(CCCCC3)C2)c1Br. The molecule has 5 nitrogen and oxygen atoms in total. The zero-order chi connectivity index (χ0) is 19.8. The molecular weight excluding hydrogens is 408 g/mol. The van der Waals surface area contributed by atoms with Crippen LogP contribution < -0.4 is 4.90 Å². The highest BCUT2D eigenvalue weighted by Gasteiger charge is 2.41. The first-order valence-electron chi connectivity index (χ1n) is 10.0. The van der Waals surface area contributed by atoms with Crippen LogP contribution in [0.2, 0.25) is 0 Å². The van der Waals surface area contributed by atoms with Crippen molar-refractivity contribution in [3.05, 3.63) is 21.4 Å². The van der Waals surface area contributed by atoms with Crippen molar-refractivity contribution in [2.24, 2.45) is 5.41 Å². The summed E-state index contributed by atoms with van der Waals surface area (Å²) in [5, 5.41) is 10.8. The van der Waals surface area contributed by atoms with Crippen molar-refractivity contribution >= 4 is 27.6 Å². The average molecular weight is 439 g/mol. The Labute approximate surface area is 170 Å². The number of aliphatic hydroxyl groups excluding tert-OH is 1. The van der Waals surface area contributed by atoms with Crippen molar-refractivity contribution in [3.63, 3.8) is 0 Å².